The highest BCUT2D eigenvalue weighted by Crippen LogP contribution is 2.26. The zero-order valence-electron chi connectivity index (χ0n) is 11.7. The summed E-state index contributed by atoms with van der Waals surface area (Å²) in [6, 6.07) is 8.05. The van der Waals surface area contributed by atoms with Crippen molar-refractivity contribution in [3.8, 4) is 0 Å². The van der Waals surface area contributed by atoms with Gasteiger partial charge in [-0.3, -0.25) is 9.59 Å². The second-order valence-electron chi connectivity index (χ2n) is 5.03. The van der Waals surface area contributed by atoms with E-state index in [0.717, 1.165) is 25.1 Å². The normalized spacial score (nSPS) is 19.6. The molecular formula is C16H21NO2. The lowest BCUT2D eigenvalue weighted by molar-refractivity contribution is -0.133. The second-order valence-corrected chi connectivity index (χ2v) is 5.03. The first-order valence-electron chi connectivity index (χ1n) is 7.10. The third kappa shape index (κ3) is 2.86. The highest BCUT2D eigenvalue weighted by molar-refractivity contribution is 6.08. The number of piperidine rings is 1. The lowest BCUT2D eigenvalue weighted by Crippen LogP contribution is -2.44. The molecule has 0 aromatic heterocycles. The van der Waals surface area contributed by atoms with Crippen LogP contribution in [0.3, 0.4) is 0 Å². The van der Waals surface area contributed by atoms with E-state index in [1.807, 2.05) is 19.1 Å². The molecule has 0 radical (unpaired) electrons. The number of nitrogens with zero attached hydrogens (tertiary/aromatic N) is 1. The predicted molar refractivity (Wildman–Crippen MR) is 76.2 cm³/mol. The van der Waals surface area contributed by atoms with E-state index >= 15 is 0 Å². The van der Waals surface area contributed by atoms with Gasteiger partial charge in [0.25, 0.3) is 0 Å². The fourth-order valence-electron chi connectivity index (χ4n) is 2.62. The Morgan fingerprint density at radius 2 is 2.16 bits per heavy atom. The van der Waals surface area contributed by atoms with Crippen LogP contribution in [0, 0.1) is 5.92 Å². The molecule has 2 rings (SSSR count). The largest absolute Gasteiger partial charge is 0.312 e. The fraction of sp³-hybridized carbons (Fsp3) is 0.500. The Labute approximate surface area is 114 Å². The number of benzene rings is 1. The molecule has 1 fully saturated rings. The molecule has 0 spiro atoms. The summed E-state index contributed by atoms with van der Waals surface area (Å²) in [7, 11) is 0. The van der Waals surface area contributed by atoms with Crippen LogP contribution in [-0.4, -0.2) is 18.2 Å². The molecular weight excluding hydrogens is 238 g/mol. The van der Waals surface area contributed by atoms with E-state index < -0.39 is 5.92 Å². The minimum atomic E-state index is -0.427. The number of rotatable bonds is 4. The Hall–Kier alpha value is -1.64. The minimum absolute atomic E-state index is 0.0219. The van der Waals surface area contributed by atoms with Gasteiger partial charge in [0.1, 0.15) is 5.78 Å². The summed E-state index contributed by atoms with van der Waals surface area (Å²) in [5, 5.41) is 0. The van der Waals surface area contributed by atoms with Gasteiger partial charge in [0, 0.05) is 18.7 Å². The van der Waals surface area contributed by atoms with Crippen molar-refractivity contribution in [2.24, 2.45) is 5.92 Å². The molecule has 0 N–H and O–H groups in total. The SMILES string of the molecule is CCC(=O)[C@@H]1CCCN(c2cccc(CC)c2)C1=O. The molecule has 19 heavy (non-hydrogen) atoms. The van der Waals surface area contributed by atoms with Gasteiger partial charge in [0.2, 0.25) is 5.91 Å². The average Bonchev–Trinajstić information content (AvgIpc) is 2.46. The van der Waals surface area contributed by atoms with Gasteiger partial charge in [0.15, 0.2) is 0 Å². The summed E-state index contributed by atoms with van der Waals surface area (Å²) in [6.07, 6.45) is 3.00. The zero-order valence-corrected chi connectivity index (χ0v) is 11.7. The molecule has 0 saturated carbocycles. The van der Waals surface area contributed by atoms with Crippen molar-refractivity contribution in [2.75, 3.05) is 11.4 Å². The maximum Gasteiger partial charge on any atom is 0.237 e. The molecule has 1 aliphatic heterocycles. The van der Waals surface area contributed by atoms with Gasteiger partial charge in [0.05, 0.1) is 5.92 Å². The molecule has 3 nitrogen and oxygen atoms in total. The van der Waals surface area contributed by atoms with E-state index in [1.165, 1.54) is 5.56 Å². The summed E-state index contributed by atoms with van der Waals surface area (Å²) >= 11 is 0. The number of amides is 1. The third-order valence-corrected chi connectivity index (χ3v) is 3.81. The molecule has 1 amide bonds. The first kappa shape index (κ1) is 13.8. The number of hydrogen-bond acceptors (Lipinski definition) is 2. The summed E-state index contributed by atoms with van der Waals surface area (Å²) in [5.41, 5.74) is 2.15. The van der Waals surface area contributed by atoms with Crippen molar-refractivity contribution >= 4 is 17.4 Å². The van der Waals surface area contributed by atoms with Crippen LogP contribution in [0.15, 0.2) is 24.3 Å². The number of carbonyl (C=O) groups excluding carboxylic acids is 2. The number of ketones is 1. The molecule has 1 saturated heterocycles. The van der Waals surface area contributed by atoms with Crippen LogP contribution in [0.25, 0.3) is 0 Å². The van der Waals surface area contributed by atoms with Crippen molar-refractivity contribution in [1.82, 2.24) is 0 Å². The van der Waals surface area contributed by atoms with Crippen molar-refractivity contribution in [3.63, 3.8) is 0 Å². The molecule has 1 aliphatic rings. The summed E-state index contributed by atoms with van der Waals surface area (Å²) in [4.78, 5) is 26.0. The lowest BCUT2D eigenvalue weighted by Gasteiger charge is -2.31. The van der Waals surface area contributed by atoms with Crippen LogP contribution in [0.2, 0.25) is 0 Å². The van der Waals surface area contributed by atoms with E-state index in [2.05, 4.69) is 19.1 Å². The Bertz CT molecular complexity index is 481. The molecule has 1 aromatic carbocycles. The van der Waals surface area contributed by atoms with Crippen LogP contribution in [-0.2, 0) is 16.0 Å². The van der Waals surface area contributed by atoms with Crippen molar-refractivity contribution in [3.05, 3.63) is 29.8 Å². The van der Waals surface area contributed by atoms with Gasteiger partial charge >= 0.3 is 0 Å². The molecule has 1 aromatic rings. The highest BCUT2D eigenvalue weighted by atomic mass is 16.2. The Balaban J connectivity index is 2.23. The maximum absolute atomic E-state index is 12.4. The summed E-state index contributed by atoms with van der Waals surface area (Å²) in [6.45, 7) is 4.65. The van der Waals surface area contributed by atoms with Crippen LogP contribution in [0.4, 0.5) is 5.69 Å². The zero-order chi connectivity index (χ0) is 13.8. The first-order chi connectivity index (χ1) is 9.17. The Kier molecular flexibility index (Phi) is 4.35. The molecule has 3 heteroatoms. The standard InChI is InChI=1S/C16H21NO2/c1-3-12-7-5-8-13(11-12)17-10-6-9-14(16(17)19)15(18)4-2/h5,7-8,11,14H,3-4,6,9-10H2,1-2H3/t14-/m0/s1. The minimum Gasteiger partial charge on any atom is -0.312 e. The molecule has 1 atom stereocenters. The quantitative estimate of drug-likeness (QED) is 0.780. The number of carbonyl (C=O) groups is 2. The van der Waals surface area contributed by atoms with E-state index in [0.29, 0.717) is 12.8 Å². The van der Waals surface area contributed by atoms with Crippen molar-refractivity contribution < 1.29 is 9.59 Å². The van der Waals surface area contributed by atoms with Crippen LogP contribution in [0.5, 0.6) is 0 Å². The maximum atomic E-state index is 12.4. The number of anilines is 1. The van der Waals surface area contributed by atoms with Gasteiger partial charge < -0.3 is 4.90 Å². The van der Waals surface area contributed by atoms with Crippen LogP contribution >= 0.6 is 0 Å². The smallest absolute Gasteiger partial charge is 0.237 e. The van der Waals surface area contributed by atoms with E-state index in [-0.39, 0.29) is 11.7 Å². The molecule has 0 bridgehead atoms. The highest BCUT2D eigenvalue weighted by Gasteiger charge is 2.33. The second kappa shape index (κ2) is 6.00. The van der Waals surface area contributed by atoms with E-state index in [9.17, 15) is 9.59 Å². The Morgan fingerprint density at radius 3 is 2.84 bits per heavy atom. The molecule has 0 unspecified atom stereocenters. The number of hydrogen-bond donors (Lipinski definition) is 0. The topological polar surface area (TPSA) is 37.4 Å². The molecule has 0 aliphatic carbocycles. The van der Waals surface area contributed by atoms with Gasteiger partial charge in [-0.15, -0.1) is 0 Å². The fourth-order valence-corrected chi connectivity index (χ4v) is 2.62. The lowest BCUT2D eigenvalue weighted by atomic mass is 9.91. The Morgan fingerprint density at radius 1 is 1.37 bits per heavy atom. The summed E-state index contributed by atoms with van der Waals surface area (Å²) < 4.78 is 0. The molecule has 102 valence electrons. The monoisotopic (exact) mass is 259 g/mol. The number of Topliss-reactive ketones (excluding diaryl/α,β-unsaturated/α-hetero) is 1. The van der Waals surface area contributed by atoms with E-state index in [4.69, 9.17) is 0 Å². The van der Waals surface area contributed by atoms with Crippen molar-refractivity contribution in [2.45, 2.75) is 39.5 Å². The van der Waals surface area contributed by atoms with Crippen LogP contribution in [0.1, 0.15) is 38.7 Å². The van der Waals surface area contributed by atoms with Gasteiger partial charge in [-0.05, 0) is 37.0 Å². The molecule has 1 heterocycles. The van der Waals surface area contributed by atoms with Gasteiger partial charge in [-0.1, -0.05) is 26.0 Å². The third-order valence-electron chi connectivity index (χ3n) is 3.81. The number of aryl methyl sites for hydroxylation is 1. The van der Waals surface area contributed by atoms with Gasteiger partial charge in [-0.25, -0.2) is 0 Å². The summed E-state index contributed by atoms with van der Waals surface area (Å²) in [5.74, 6) is -0.378. The first-order valence-corrected chi connectivity index (χ1v) is 7.10. The average molecular weight is 259 g/mol. The van der Waals surface area contributed by atoms with E-state index in [1.54, 1.807) is 4.90 Å². The van der Waals surface area contributed by atoms with Gasteiger partial charge in [-0.2, -0.15) is 0 Å². The van der Waals surface area contributed by atoms with Crippen molar-refractivity contribution in [1.29, 1.82) is 0 Å². The van der Waals surface area contributed by atoms with Crippen LogP contribution < -0.4 is 4.90 Å². The predicted octanol–water partition coefficient (Wildman–Crippen LogP) is 2.97.